The number of aliphatic hydroxyl groups excluding tert-OH is 1. The van der Waals surface area contributed by atoms with Crippen LogP contribution in [0, 0.1) is 55.9 Å². The van der Waals surface area contributed by atoms with Crippen molar-refractivity contribution in [3.63, 3.8) is 0 Å². The summed E-state index contributed by atoms with van der Waals surface area (Å²) in [5, 5.41) is 12.8. The molecule has 1 heterocycles. The summed E-state index contributed by atoms with van der Waals surface area (Å²) in [4.78, 5) is 2.64. The van der Waals surface area contributed by atoms with Gasteiger partial charge >= 0.3 is 0 Å². The van der Waals surface area contributed by atoms with Gasteiger partial charge in [-0.25, -0.2) is 0 Å². The van der Waals surface area contributed by atoms with Crippen LogP contribution in [0.1, 0.15) is 20.8 Å². The topological polar surface area (TPSA) is 106 Å². The van der Waals surface area contributed by atoms with Crippen molar-refractivity contribution in [3.05, 3.63) is 10.4 Å². The zero-order valence-electron chi connectivity index (χ0n) is 14.8. The monoisotopic (exact) mass is 558 g/mol. The Morgan fingerprint density at radius 3 is 2.29 bits per heavy atom. The van der Waals surface area contributed by atoms with E-state index in [1.807, 2.05) is 6.92 Å². The first-order valence-corrected chi connectivity index (χ1v) is 8.16. The van der Waals surface area contributed by atoms with E-state index in [1.54, 1.807) is 0 Å². The van der Waals surface area contributed by atoms with Gasteiger partial charge in [-0.1, -0.05) is 19.0 Å². The molecule has 0 bridgehead atoms. The quantitative estimate of drug-likeness (QED) is 0.180. The molecule has 0 aliphatic carbocycles. The van der Waals surface area contributed by atoms with E-state index in [9.17, 15) is 5.11 Å². The number of ether oxygens (including phenoxy) is 4. The summed E-state index contributed by atoms with van der Waals surface area (Å²) in [5.41, 5.74) is 8.10. The maximum atomic E-state index is 9.46. The van der Waals surface area contributed by atoms with Crippen LogP contribution in [0.25, 0.3) is 10.4 Å². The van der Waals surface area contributed by atoms with E-state index >= 15 is 0 Å². The largest absolute Gasteiger partial charge is 0.394 e. The van der Waals surface area contributed by atoms with Gasteiger partial charge in [0.15, 0.2) is 0 Å². The summed E-state index contributed by atoms with van der Waals surface area (Å²) in [6, 6.07) is 0. The number of nitrogens with zero attached hydrogens (tertiary/aromatic N) is 3. The molecule has 24 heavy (non-hydrogen) atoms. The first-order valence-electron chi connectivity index (χ1n) is 8.16. The van der Waals surface area contributed by atoms with Gasteiger partial charge in [0, 0.05) is 55.5 Å². The van der Waals surface area contributed by atoms with Crippen LogP contribution >= 0.6 is 0 Å². The summed E-state index contributed by atoms with van der Waals surface area (Å²) in [7, 11) is 0. The average Bonchev–Trinajstić information content (AvgIpc) is 2.55. The van der Waals surface area contributed by atoms with Crippen LogP contribution in [0.5, 0.6) is 0 Å². The normalized spacial score (nSPS) is 29.6. The molecular weight excluding hydrogens is 529 g/mol. The van der Waals surface area contributed by atoms with Crippen LogP contribution in [0.15, 0.2) is 5.11 Å². The summed E-state index contributed by atoms with van der Waals surface area (Å²) < 4.78 is 22.3. The second-order valence-corrected chi connectivity index (χ2v) is 5.80. The summed E-state index contributed by atoms with van der Waals surface area (Å²) >= 11 is 0. The molecule has 1 aliphatic rings. The van der Waals surface area contributed by atoms with E-state index in [-0.39, 0.29) is 69.0 Å². The van der Waals surface area contributed by atoms with Gasteiger partial charge < -0.3 is 24.1 Å². The Morgan fingerprint density at radius 1 is 1.04 bits per heavy atom. The van der Waals surface area contributed by atoms with Gasteiger partial charge in [0.05, 0.1) is 51.8 Å². The zero-order chi connectivity index (χ0) is 17.1. The molecule has 0 amide bonds. The predicted octanol–water partition coefficient (Wildman–Crippen LogP) is 1.77. The molecule has 0 aromatic rings. The van der Waals surface area contributed by atoms with Crippen LogP contribution in [-0.4, -0.2) is 69.6 Å². The SMILES string of the molecule is CC1O[C@H](CO)[C@@H](OCCOCCOCCN=[N+]=[N-])[C@H](C)[C@H]1C.[Ac]. The molecule has 0 aromatic heterocycles. The van der Waals surface area contributed by atoms with Crippen molar-refractivity contribution in [3.8, 4) is 0 Å². The standard InChI is InChI=1S/C15H29N3O5.Ac/c1-11-12(2)15(14(10-19)23-13(11)3)22-9-8-21-7-6-20-5-4-17-18-16;/h11-15,19H,4-10H2,1-3H3;/t11-,12-,13?,14-,15+;/m1./s1. The van der Waals surface area contributed by atoms with Gasteiger partial charge in [-0.05, 0) is 24.3 Å². The van der Waals surface area contributed by atoms with Gasteiger partial charge in [0.25, 0.3) is 0 Å². The Morgan fingerprint density at radius 2 is 1.67 bits per heavy atom. The number of hydrogen-bond donors (Lipinski definition) is 1. The third-order valence-corrected chi connectivity index (χ3v) is 4.33. The fourth-order valence-electron chi connectivity index (χ4n) is 2.66. The number of aliphatic hydroxyl groups is 1. The van der Waals surface area contributed by atoms with Crippen LogP contribution < -0.4 is 0 Å². The minimum Gasteiger partial charge on any atom is -0.394 e. The van der Waals surface area contributed by atoms with Gasteiger partial charge in [0.2, 0.25) is 0 Å². The smallest absolute Gasteiger partial charge is 0.107 e. The van der Waals surface area contributed by atoms with E-state index < -0.39 is 0 Å². The second kappa shape index (κ2) is 14.7. The molecule has 1 fully saturated rings. The minimum absolute atomic E-state index is 0. The van der Waals surface area contributed by atoms with E-state index in [1.165, 1.54) is 0 Å². The van der Waals surface area contributed by atoms with Crippen molar-refractivity contribution in [2.24, 2.45) is 17.0 Å². The van der Waals surface area contributed by atoms with Crippen molar-refractivity contribution in [2.75, 3.05) is 46.2 Å². The zero-order valence-corrected chi connectivity index (χ0v) is 19.6. The molecule has 1 aliphatic heterocycles. The van der Waals surface area contributed by atoms with Gasteiger partial charge in [-0.15, -0.1) is 0 Å². The van der Waals surface area contributed by atoms with Crippen LogP contribution in [-0.2, 0) is 18.9 Å². The van der Waals surface area contributed by atoms with Crippen LogP contribution in [0.4, 0.5) is 0 Å². The predicted molar refractivity (Wildman–Crippen MR) is 85.1 cm³/mol. The molecule has 8 nitrogen and oxygen atoms in total. The number of rotatable bonds is 11. The second-order valence-electron chi connectivity index (χ2n) is 5.80. The van der Waals surface area contributed by atoms with Crippen molar-refractivity contribution in [2.45, 2.75) is 39.1 Å². The Balaban J connectivity index is 0.00000529. The van der Waals surface area contributed by atoms with E-state index in [0.29, 0.717) is 51.4 Å². The molecule has 0 saturated carbocycles. The maximum Gasteiger partial charge on any atom is 0.107 e. The van der Waals surface area contributed by atoms with Crippen molar-refractivity contribution >= 4 is 0 Å². The molecule has 5 atom stereocenters. The number of hydrogen-bond acceptors (Lipinski definition) is 6. The molecule has 9 heteroatoms. The molecule has 1 radical (unpaired) electrons. The Kier molecular flexibility index (Phi) is 15.0. The van der Waals surface area contributed by atoms with Gasteiger partial charge in [-0.2, -0.15) is 0 Å². The molecule has 1 N–H and O–H groups in total. The first-order chi connectivity index (χ1) is 11.1. The van der Waals surface area contributed by atoms with Gasteiger partial charge in [-0.3, -0.25) is 0 Å². The van der Waals surface area contributed by atoms with E-state index in [2.05, 4.69) is 23.9 Å². The fourth-order valence-corrected chi connectivity index (χ4v) is 2.66. The van der Waals surface area contributed by atoms with Crippen molar-refractivity contribution < 1.29 is 68.1 Å². The van der Waals surface area contributed by atoms with Crippen molar-refractivity contribution in [1.29, 1.82) is 0 Å². The maximum absolute atomic E-state index is 9.46. The number of azide groups is 1. The van der Waals surface area contributed by atoms with Crippen LogP contribution in [0.3, 0.4) is 0 Å². The fraction of sp³-hybridized carbons (Fsp3) is 1.00. The van der Waals surface area contributed by atoms with Gasteiger partial charge in [0.1, 0.15) is 6.10 Å². The Labute approximate surface area is 179 Å². The third-order valence-electron chi connectivity index (χ3n) is 4.33. The molecule has 0 spiro atoms. The summed E-state index contributed by atoms with van der Waals surface area (Å²) in [6.45, 7) is 8.84. The third kappa shape index (κ3) is 8.77. The molecule has 0 aromatic carbocycles. The molecular formula is C15H29AcN3O5. The van der Waals surface area contributed by atoms with E-state index in [0.717, 1.165) is 0 Å². The summed E-state index contributed by atoms with van der Waals surface area (Å²) in [5.74, 6) is 0.702. The van der Waals surface area contributed by atoms with Crippen LogP contribution in [0.2, 0.25) is 0 Å². The molecule has 1 unspecified atom stereocenters. The van der Waals surface area contributed by atoms with E-state index in [4.69, 9.17) is 24.5 Å². The molecule has 1 saturated heterocycles. The molecule has 137 valence electrons. The van der Waals surface area contributed by atoms with Crippen molar-refractivity contribution in [1.82, 2.24) is 0 Å². The Bertz CT molecular complexity index is 369. The first kappa shape index (κ1) is 24.6. The summed E-state index contributed by atoms with van der Waals surface area (Å²) in [6.07, 6.45) is -0.268. The molecule has 1 rings (SSSR count). The average molecular weight is 558 g/mol. The minimum atomic E-state index is -0.278. The Hall–Kier alpha value is 0.552.